The number of thiazole rings is 1. The van der Waals surface area contributed by atoms with Crippen LogP contribution in [0.3, 0.4) is 0 Å². The first-order valence-electron chi connectivity index (χ1n) is 8.00. The zero-order valence-corrected chi connectivity index (χ0v) is 13.8. The van der Waals surface area contributed by atoms with E-state index in [1.165, 1.54) is 5.56 Å². The molecule has 1 aliphatic heterocycles. The molecule has 0 aliphatic carbocycles. The van der Waals surface area contributed by atoms with Crippen molar-refractivity contribution in [3.8, 4) is 0 Å². The third-order valence-corrected chi connectivity index (χ3v) is 4.97. The van der Waals surface area contributed by atoms with Crippen molar-refractivity contribution < 1.29 is 9.15 Å². The second kappa shape index (κ2) is 6.83. The van der Waals surface area contributed by atoms with E-state index in [2.05, 4.69) is 33.5 Å². The summed E-state index contributed by atoms with van der Waals surface area (Å²) in [6.07, 6.45) is 2.77. The molecule has 3 heterocycles. The highest BCUT2D eigenvalue weighted by molar-refractivity contribution is 7.07. The molecule has 3 aromatic rings. The lowest BCUT2D eigenvalue weighted by molar-refractivity contribution is 0.121. The van der Waals surface area contributed by atoms with Crippen LogP contribution in [0.25, 0.3) is 11.0 Å². The molecule has 0 saturated carbocycles. The molecule has 1 aromatic carbocycles. The quantitative estimate of drug-likeness (QED) is 0.734. The Hall–Kier alpha value is -1.69. The minimum absolute atomic E-state index is 0.503. The van der Waals surface area contributed by atoms with E-state index in [1.807, 2.05) is 11.6 Å². The lowest BCUT2D eigenvalue weighted by atomic mass is 9.99. The Morgan fingerprint density at radius 3 is 3.22 bits per heavy atom. The molecule has 0 bridgehead atoms. The Kier molecular flexibility index (Phi) is 4.41. The van der Waals surface area contributed by atoms with Crippen LogP contribution in [-0.2, 0) is 17.7 Å². The topological polar surface area (TPSA) is 38.5 Å². The summed E-state index contributed by atoms with van der Waals surface area (Å²) >= 11 is 1.66. The van der Waals surface area contributed by atoms with Gasteiger partial charge in [-0.2, -0.15) is 0 Å². The Labute approximate surface area is 139 Å². The van der Waals surface area contributed by atoms with Crippen LogP contribution < -0.4 is 0 Å². The zero-order valence-electron chi connectivity index (χ0n) is 13.0. The molecule has 1 aliphatic rings. The SMILES string of the molecule is c1cc2ccc(CC3COCCN(Cc4cscn4)C3)cc2o1. The molecule has 4 nitrogen and oxygen atoms in total. The van der Waals surface area contributed by atoms with Crippen molar-refractivity contribution in [3.63, 3.8) is 0 Å². The number of rotatable bonds is 4. The number of hydrogen-bond acceptors (Lipinski definition) is 5. The maximum absolute atomic E-state index is 5.82. The highest BCUT2D eigenvalue weighted by Crippen LogP contribution is 2.21. The summed E-state index contributed by atoms with van der Waals surface area (Å²) in [6, 6.07) is 8.50. The largest absolute Gasteiger partial charge is 0.464 e. The van der Waals surface area contributed by atoms with Gasteiger partial charge < -0.3 is 9.15 Å². The zero-order chi connectivity index (χ0) is 15.5. The molecule has 1 atom stereocenters. The van der Waals surface area contributed by atoms with Crippen molar-refractivity contribution in [1.82, 2.24) is 9.88 Å². The lowest BCUT2D eigenvalue weighted by Crippen LogP contribution is -2.30. The molecule has 0 radical (unpaired) electrons. The van der Waals surface area contributed by atoms with E-state index in [9.17, 15) is 0 Å². The predicted molar refractivity (Wildman–Crippen MR) is 91.6 cm³/mol. The molecule has 0 spiro atoms. The minimum Gasteiger partial charge on any atom is -0.464 e. The van der Waals surface area contributed by atoms with Gasteiger partial charge in [-0.25, -0.2) is 4.98 Å². The van der Waals surface area contributed by atoms with Crippen molar-refractivity contribution in [3.05, 3.63) is 52.7 Å². The van der Waals surface area contributed by atoms with Gasteiger partial charge in [0.15, 0.2) is 0 Å². The number of ether oxygens (including phenoxy) is 1. The first-order chi connectivity index (χ1) is 11.4. The van der Waals surface area contributed by atoms with Crippen molar-refractivity contribution >= 4 is 22.3 Å². The van der Waals surface area contributed by atoms with Gasteiger partial charge in [-0.15, -0.1) is 11.3 Å². The molecule has 23 heavy (non-hydrogen) atoms. The van der Waals surface area contributed by atoms with Crippen molar-refractivity contribution in [1.29, 1.82) is 0 Å². The van der Waals surface area contributed by atoms with Crippen LogP contribution >= 0.6 is 11.3 Å². The Morgan fingerprint density at radius 1 is 1.30 bits per heavy atom. The molecule has 1 saturated heterocycles. The van der Waals surface area contributed by atoms with E-state index in [4.69, 9.17) is 9.15 Å². The molecule has 4 rings (SSSR count). The van der Waals surface area contributed by atoms with Crippen LogP contribution in [0.15, 0.2) is 45.8 Å². The average Bonchev–Trinajstić information content (AvgIpc) is 3.17. The Bertz CT molecular complexity index is 753. The number of nitrogens with zero attached hydrogens (tertiary/aromatic N) is 2. The predicted octanol–water partition coefficient (Wildman–Crippen LogP) is 3.58. The van der Waals surface area contributed by atoms with Crippen LogP contribution in [0.5, 0.6) is 0 Å². The molecule has 0 amide bonds. The highest BCUT2D eigenvalue weighted by atomic mass is 32.1. The standard InChI is InChI=1S/C18H20N2O2S/c1-2-16-3-5-22-18(16)8-14(1)7-15-9-20(4-6-21-11-15)10-17-12-23-13-19-17/h1-3,5,8,12-13,15H,4,6-7,9-11H2. The smallest absolute Gasteiger partial charge is 0.134 e. The van der Waals surface area contributed by atoms with Crippen LogP contribution in [0.4, 0.5) is 0 Å². The number of furan rings is 1. The van der Waals surface area contributed by atoms with Crippen LogP contribution in [0.2, 0.25) is 0 Å². The number of benzene rings is 1. The van der Waals surface area contributed by atoms with Crippen LogP contribution in [-0.4, -0.2) is 36.2 Å². The van der Waals surface area contributed by atoms with E-state index in [0.717, 1.165) is 55.9 Å². The molecular weight excluding hydrogens is 308 g/mol. The number of aromatic nitrogens is 1. The van der Waals surface area contributed by atoms with E-state index in [1.54, 1.807) is 17.6 Å². The minimum atomic E-state index is 0.503. The first kappa shape index (κ1) is 14.9. The summed E-state index contributed by atoms with van der Waals surface area (Å²) in [5.74, 6) is 0.503. The summed E-state index contributed by atoms with van der Waals surface area (Å²) in [6.45, 7) is 4.57. The number of hydrogen-bond donors (Lipinski definition) is 0. The Morgan fingerprint density at radius 2 is 2.30 bits per heavy atom. The monoisotopic (exact) mass is 328 g/mol. The molecule has 2 aromatic heterocycles. The molecule has 120 valence electrons. The summed E-state index contributed by atoms with van der Waals surface area (Å²) in [5.41, 5.74) is 5.35. The molecule has 5 heteroatoms. The molecule has 0 N–H and O–H groups in total. The first-order valence-corrected chi connectivity index (χ1v) is 8.94. The fourth-order valence-electron chi connectivity index (χ4n) is 3.22. The highest BCUT2D eigenvalue weighted by Gasteiger charge is 2.20. The number of fused-ring (bicyclic) bond motifs is 1. The maximum Gasteiger partial charge on any atom is 0.134 e. The van der Waals surface area contributed by atoms with Crippen molar-refractivity contribution in [2.45, 2.75) is 13.0 Å². The fourth-order valence-corrected chi connectivity index (χ4v) is 3.77. The van der Waals surface area contributed by atoms with Gasteiger partial charge in [-0.3, -0.25) is 4.90 Å². The Balaban J connectivity index is 1.44. The average molecular weight is 328 g/mol. The van der Waals surface area contributed by atoms with Crippen molar-refractivity contribution in [2.24, 2.45) is 5.92 Å². The lowest BCUT2D eigenvalue weighted by Gasteiger charge is -2.22. The molecule has 1 fully saturated rings. The third kappa shape index (κ3) is 3.63. The fraction of sp³-hybridized carbons (Fsp3) is 0.389. The second-order valence-corrected chi connectivity index (χ2v) is 6.87. The van der Waals surface area contributed by atoms with Gasteiger partial charge in [0.25, 0.3) is 0 Å². The van der Waals surface area contributed by atoms with Gasteiger partial charge in [-0.1, -0.05) is 12.1 Å². The summed E-state index contributed by atoms with van der Waals surface area (Å²) in [4.78, 5) is 6.86. The molecule has 1 unspecified atom stereocenters. The van der Waals surface area contributed by atoms with E-state index < -0.39 is 0 Å². The van der Waals surface area contributed by atoms with Crippen molar-refractivity contribution in [2.75, 3.05) is 26.3 Å². The van der Waals surface area contributed by atoms with Gasteiger partial charge in [0, 0.05) is 30.4 Å². The van der Waals surface area contributed by atoms with Gasteiger partial charge in [0.1, 0.15) is 5.58 Å². The van der Waals surface area contributed by atoms with E-state index >= 15 is 0 Å². The van der Waals surface area contributed by atoms with Gasteiger partial charge in [0.05, 0.1) is 30.7 Å². The van der Waals surface area contributed by atoms with Crippen LogP contribution in [0.1, 0.15) is 11.3 Å². The van der Waals surface area contributed by atoms with Gasteiger partial charge in [0.2, 0.25) is 0 Å². The van der Waals surface area contributed by atoms with Gasteiger partial charge in [-0.05, 0) is 30.0 Å². The molecular formula is C18H20N2O2S. The van der Waals surface area contributed by atoms with Crippen LogP contribution in [0, 0.1) is 5.92 Å². The third-order valence-electron chi connectivity index (χ3n) is 4.34. The van der Waals surface area contributed by atoms with E-state index in [-0.39, 0.29) is 0 Å². The van der Waals surface area contributed by atoms with Gasteiger partial charge >= 0.3 is 0 Å². The summed E-state index contributed by atoms with van der Waals surface area (Å²) in [5, 5.41) is 3.29. The second-order valence-electron chi connectivity index (χ2n) is 6.15. The summed E-state index contributed by atoms with van der Waals surface area (Å²) < 4.78 is 11.3. The normalized spacial score (nSPS) is 19.9. The maximum atomic E-state index is 5.82. The van der Waals surface area contributed by atoms with E-state index in [0.29, 0.717) is 5.92 Å². The summed E-state index contributed by atoms with van der Waals surface area (Å²) in [7, 11) is 0.